The summed E-state index contributed by atoms with van der Waals surface area (Å²) >= 11 is 0. The number of rotatable bonds is 10. The van der Waals surface area contributed by atoms with Crippen molar-refractivity contribution in [2.45, 2.75) is 6.42 Å². The lowest BCUT2D eigenvalue weighted by Crippen LogP contribution is -2.26. The van der Waals surface area contributed by atoms with E-state index in [0.717, 1.165) is 24.3 Å². The number of ether oxygens (including phenoxy) is 2. The van der Waals surface area contributed by atoms with Crippen LogP contribution in [0.25, 0.3) is 0 Å². The molecule has 0 spiro atoms. The molecule has 1 heterocycles. The van der Waals surface area contributed by atoms with E-state index in [-0.39, 0.29) is 5.91 Å². The van der Waals surface area contributed by atoms with E-state index in [4.69, 9.17) is 9.47 Å². The molecular weight excluding hydrogens is 344 g/mol. The Hall–Kier alpha value is -2.80. The molecular formula is C20H28N4O3. The van der Waals surface area contributed by atoms with Gasteiger partial charge in [0.15, 0.2) is 11.5 Å². The van der Waals surface area contributed by atoms with Crippen LogP contribution in [-0.4, -0.2) is 63.7 Å². The molecule has 0 bridgehead atoms. The molecule has 0 aliphatic heterocycles. The van der Waals surface area contributed by atoms with E-state index in [0.29, 0.717) is 30.0 Å². The Bertz CT molecular complexity index is 750. The number of carbonyl (C=O) groups is 1. The van der Waals surface area contributed by atoms with Gasteiger partial charge >= 0.3 is 0 Å². The van der Waals surface area contributed by atoms with Gasteiger partial charge < -0.3 is 25.0 Å². The minimum Gasteiger partial charge on any atom is -0.493 e. The van der Waals surface area contributed by atoms with Crippen molar-refractivity contribution in [1.82, 2.24) is 15.2 Å². The third kappa shape index (κ3) is 6.45. The molecule has 0 fully saturated rings. The van der Waals surface area contributed by atoms with Crippen LogP contribution in [0.4, 0.5) is 5.69 Å². The van der Waals surface area contributed by atoms with Crippen molar-refractivity contribution >= 4 is 11.6 Å². The smallest absolute Gasteiger partial charge is 0.252 e. The van der Waals surface area contributed by atoms with E-state index >= 15 is 0 Å². The SMILES string of the molecule is COc1ccc(CCNC(=O)c2cncc(NCCN(C)C)c2)cc1OC. The fraction of sp³-hybridized carbons (Fsp3) is 0.400. The normalized spacial score (nSPS) is 10.6. The lowest BCUT2D eigenvalue weighted by Gasteiger charge is -2.12. The summed E-state index contributed by atoms with van der Waals surface area (Å²) in [6, 6.07) is 7.56. The molecule has 2 N–H and O–H groups in total. The van der Waals surface area contributed by atoms with Crippen LogP contribution in [0, 0.1) is 0 Å². The number of anilines is 1. The molecule has 0 saturated carbocycles. The molecule has 1 aromatic carbocycles. The molecule has 27 heavy (non-hydrogen) atoms. The lowest BCUT2D eigenvalue weighted by atomic mass is 10.1. The number of aromatic nitrogens is 1. The van der Waals surface area contributed by atoms with Gasteiger partial charge in [-0.05, 0) is 44.3 Å². The van der Waals surface area contributed by atoms with Crippen molar-refractivity contribution in [3.05, 3.63) is 47.8 Å². The second kappa shape index (κ2) is 10.4. The molecule has 0 aliphatic carbocycles. The zero-order valence-corrected chi connectivity index (χ0v) is 16.4. The van der Waals surface area contributed by atoms with E-state index < -0.39 is 0 Å². The van der Waals surface area contributed by atoms with Gasteiger partial charge in [0.1, 0.15) is 0 Å². The highest BCUT2D eigenvalue weighted by molar-refractivity contribution is 5.94. The predicted octanol–water partition coefficient (Wildman–Crippen LogP) is 2.04. The minimum atomic E-state index is -0.140. The monoisotopic (exact) mass is 372 g/mol. The number of nitrogens with one attached hydrogen (secondary N) is 2. The first-order valence-electron chi connectivity index (χ1n) is 8.86. The second-order valence-electron chi connectivity index (χ2n) is 6.39. The van der Waals surface area contributed by atoms with Gasteiger partial charge in [-0.2, -0.15) is 0 Å². The highest BCUT2D eigenvalue weighted by Gasteiger charge is 2.08. The first kappa shape index (κ1) is 20.5. The standard InChI is InChI=1S/C20H28N4O3/c1-24(2)10-9-22-17-12-16(13-21-14-17)20(25)23-8-7-15-5-6-18(26-3)19(11-15)27-4/h5-6,11-14,22H,7-10H2,1-4H3,(H,23,25). The molecule has 0 saturated heterocycles. The van der Waals surface area contributed by atoms with Gasteiger partial charge in [0.05, 0.1) is 25.5 Å². The predicted molar refractivity (Wildman–Crippen MR) is 107 cm³/mol. The van der Waals surface area contributed by atoms with Gasteiger partial charge in [-0.1, -0.05) is 6.07 Å². The van der Waals surface area contributed by atoms with Crippen molar-refractivity contribution in [3.63, 3.8) is 0 Å². The summed E-state index contributed by atoms with van der Waals surface area (Å²) in [5, 5.41) is 6.19. The van der Waals surface area contributed by atoms with Crippen LogP contribution in [0.1, 0.15) is 15.9 Å². The van der Waals surface area contributed by atoms with Gasteiger partial charge in [-0.25, -0.2) is 0 Å². The number of pyridine rings is 1. The number of hydrogen-bond donors (Lipinski definition) is 2. The molecule has 1 aromatic heterocycles. The van der Waals surface area contributed by atoms with Crippen molar-refractivity contribution < 1.29 is 14.3 Å². The molecule has 0 radical (unpaired) electrons. The molecule has 2 aromatic rings. The van der Waals surface area contributed by atoms with E-state index in [1.807, 2.05) is 38.4 Å². The summed E-state index contributed by atoms with van der Waals surface area (Å²) in [7, 11) is 7.25. The van der Waals surface area contributed by atoms with Crippen LogP contribution >= 0.6 is 0 Å². The third-order valence-electron chi connectivity index (χ3n) is 4.04. The maximum atomic E-state index is 12.4. The van der Waals surface area contributed by atoms with Crippen LogP contribution in [0.3, 0.4) is 0 Å². The quantitative estimate of drug-likeness (QED) is 0.665. The number of benzene rings is 1. The number of amides is 1. The van der Waals surface area contributed by atoms with Crippen molar-refractivity contribution in [3.8, 4) is 11.5 Å². The summed E-state index contributed by atoms with van der Waals surface area (Å²) in [5.74, 6) is 1.23. The topological polar surface area (TPSA) is 75.7 Å². The van der Waals surface area contributed by atoms with E-state index in [2.05, 4.69) is 20.5 Å². The van der Waals surface area contributed by atoms with Gasteiger partial charge in [-0.15, -0.1) is 0 Å². The summed E-state index contributed by atoms with van der Waals surface area (Å²) in [4.78, 5) is 18.6. The van der Waals surface area contributed by atoms with Crippen molar-refractivity contribution in [2.75, 3.05) is 53.3 Å². The first-order chi connectivity index (χ1) is 13.0. The van der Waals surface area contributed by atoms with Crippen LogP contribution in [0.2, 0.25) is 0 Å². The number of methoxy groups -OCH3 is 2. The molecule has 1 amide bonds. The van der Waals surface area contributed by atoms with Crippen LogP contribution in [-0.2, 0) is 6.42 Å². The largest absolute Gasteiger partial charge is 0.493 e. The van der Waals surface area contributed by atoms with Crippen LogP contribution < -0.4 is 20.1 Å². The van der Waals surface area contributed by atoms with Gasteiger partial charge in [0.2, 0.25) is 0 Å². The molecule has 2 rings (SSSR count). The fourth-order valence-corrected chi connectivity index (χ4v) is 2.54. The molecule has 0 unspecified atom stereocenters. The average Bonchev–Trinajstić information content (AvgIpc) is 2.67. The lowest BCUT2D eigenvalue weighted by molar-refractivity contribution is 0.0954. The number of hydrogen-bond acceptors (Lipinski definition) is 6. The Balaban J connectivity index is 1.87. The van der Waals surface area contributed by atoms with E-state index in [1.54, 1.807) is 26.6 Å². The molecule has 7 nitrogen and oxygen atoms in total. The molecule has 0 aliphatic rings. The molecule has 146 valence electrons. The Morgan fingerprint density at radius 2 is 1.85 bits per heavy atom. The van der Waals surface area contributed by atoms with E-state index in [9.17, 15) is 4.79 Å². The maximum Gasteiger partial charge on any atom is 0.252 e. The van der Waals surface area contributed by atoms with Crippen molar-refractivity contribution in [1.29, 1.82) is 0 Å². The third-order valence-corrected chi connectivity index (χ3v) is 4.04. The first-order valence-corrected chi connectivity index (χ1v) is 8.86. The summed E-state index contributed by atoms with van der Waals surface area (Å²) in [6.45, 7) is 2.22. The summed E-state index contributed by atoms with van der Waals surface area (Å²) in [6.07, 6.45) is 3.99. The van der Waals surface area contributed by atoms with Crippen LogP contribution in [0.15, 0.2) is 36.7 Å². The zero-order valence-electron chi connectivity index (χ0n) is 16.4. The Morgan fingerprint density at radius 3 is 2.56 bits per heavy atom. The van der Waals surface area contributed by atoms with Gasteiger partial charge in [0.25, 0.3) is 5.91 Å². The highest BCUT2D eigenvalue weighted by atomic mass is 16.5. The van der Waals surface area contributed by atoms with E-state index in [1.165, 1.54) is 0 Å². The maximum absolute atomic E-state index is 12.4. The highest BCUT2D eigenvalue weighted by Crippen LogP contribution is 2.27. The minimum absolute atomic E-state index is 0.140. The second-order valence-corrected chi connectivity index (χ2v) is 6.39. The fourth-order valence-electron chi connectivity index (χ4n) is 2.54. The molecule has 0 atom stereocenters. The van der Waals surface area contributed by atoms with Gasteiger partial charge in [0, 0.05) is 32.0 Å². The molecule has 7 heteroatoms. The Labute approximate surface area is 160 Å². The number of carbonyl (C=O) groups excluding carboxylic acids is 1. The van der Waals surface area contributed by atoms with Crippen LogP contribution in [0.5, 0.6) is 11.5 Å². The average molecular weight is 372 g/mol. The van der Waals surface area contributed by atoms with Gasteiger partial charge in [-0.3, -0.25) is 9.78 Å². The Morgan fingerprint density at radius 1 is 1.07 bits per heavy atom. The van der Waals surface area contributed by atoms with Crippen molar-refractivity contribution in [2.24, 2.45) is 0 Å². The summed E-state index contributed by atoms with van der Waals surface area (Å²) in [5.41, 5.74) is 2.44. The zero-order chi connectivity index (χ0) is 19.6. The summed E-state index contributed by atoms with van der Waals surface area (Å²) < 4.78 is 10.5. The Kier molecular flexibility index (Phi) is 7.88. The number of likely N-dealkylation sites (N-methyl/N-ethyl adjacent to an activating group) is 1. The number of nitrogens with zero attached hydrogens (tertiary/aromatic N) is 2.